The Bertz CT molecular complexity index is 273. The summed E-state index contributed by atoms with van der Waals surface area (Å²) in [6, 6.07) is 10.6. The summed E-state index contributed by atoms with van der Waals surface area (Å²) in [6.07, 6.45) is 4.23. The van der Waals surface area contributed by atoms with Crippen molar-refractivity contribution in [1.82, 2.24) is 0 Å². The van der Waals surface area contributed by atoms with Gasteiger partial charge >= 0.3 is 105 Å². The van der Waals surface area contributed by atoms with Gasteiger partial charge in [0, 0.05) is 0 Å². The van der Waals surface area contributed by atoms with E-state index < -0.39 is 0 Å². The first kappa shape index (κ1) is 13.8. The van der Waals surface area contributed by atoms with Crippen LogP contribution in [0.3, 0.4) is 0 Å². The number of benzene rings is 1. The molecule has 0 aliphatic rings. The van der Waals surface area contributed by atoms with Crippen molar-refractivity contribution in [3.05, 3.63) is 30.3 Å². The Morgan fingerprint density at radius 1 is 1.06 bits per heavy atom. The van der Waals surface area contributed by atoms with Gasteiger partial charge in [-0.2, -0.15) is 0 Å². The van der Waals surface area contributed by atoms with Crippen molar-refractivity contribution in [2.24, 2.45) is 0 Å². The van der Waals surface area contributed by atoms with Gasteiger partial charge in [0.15, 0.2) is 0 Å². The summed E-state index contributed by atoms with van der Waals surface area (Å²) >= 11 is 0.409. The van der Waals surface area contributed by atoms with Gasteiger partial charge < -0.3 is 0 Å². The van der Waals surface area contributed by atoms with Crippen molar-refractivity contribution >= 4 is 19.4 Å². The molecule has 1 nitrogen and oxygen atoms in total. The van der Waals surface area contributed by atoms with Crippen molar-refractivity contribution in [3.8, 4) is 0 Å². The average molecular weight is 285 g/mol. The third-order valence-electron chi connectivity index (χ3n) is 2.62. The fourth-order valence-corrected chi connectivity index (χ4v) is 4.52. The monoisotopic (exact) mass is 286 g/mol. The molecule has 0 spiro atoms. The molecule has 90 valence electrons. The van der Waals surface area contributed by atoms with Crippen molar-refractivity contribution in [1.29, 1.82) is 0 Å². The van der Waals surface area contributed by atoms with Gasteiger partial charge in [-0.05, 0) is 0 Å². The first-order chi connectivity index (χ1) is 7.77. The molecule has 0 saturated heterocycles. The van der Waals surface area contributed by atoms with Crippen molar-refractivity contribution < 1.29 is 5.11 Å². The zero-order valence-electron chi connectivity index (χ0n) is 10.2. The molecule has 1 aromatic carbocycles. The van der Waals surface area contributed by atoms with Gasteiger partial charge in [0.05, 0.1) is 0 Å². The molecule has 16 heavy (non-hydrogen) atoms. The molecule has 0 aliphatic carbocycles. The van der Waals surface area contributed by atoms with E-state index in [-0.39, 0.29) is 6.10 Å². The van der Waals surface area contributed by atoms with Crippen LogP contribution < -0.4 is 4.46 Å². The fourth-order valence-electron chi connectivity index (χ4n) is 1.77. The van der Waals surface area contributed by atoms with Gasteiger partial charge in [0.2, 0.25) is 0 Å². The summed E-state index contributed by atoms with van der Waals surface area (Å²) in [6.45, 7) is 4.34. The molecule has 1 rings (SSSR count). The molecule has 2 heteroatoms. The third-order valence-corrected chi connectivity index (χ3v) is 5.55. The quantitative estimate of drug-likeness (QED) is 0.764. The van der Waals surface area contributed by atoms with Gasteiger partial charge in [-0.15, -0.1) is 0 Å². The van der Waals surface area contributed by atoms with Crippen molar-refractivity contribution in [2.45, 2.75) is 50.5 Å². The molecule has 0 saturated carbocycles. The second-order valence-electron chi connectivity index (χ2n) is 4.11. The minimum atomic E-state index is -0.106. The second kappa shape index (κ2) is 7.89. The molecule has 0 fully saturated rings. The van der Waals surface area contributed by atoms with Gasteiger partial charge in [0.1, 0.15) is 0 Å². The Labute approximate surface area is 105 Å². The molecule has 1 N–H and O–H groups in total. The van der Waals surface area contributed by atoms with Crippen LogP contribution in [0.4, 0.5) is 0 Å². The normalized spacial score (nSPS) is 14.7. The number of rotatable bonds is 7. The van der Waals surface area contributed by atoms with Crippen LogP contribution in [0.5, 0.6) is 0 Å². The molecule has 0 aliphatic heterocycles. The molecule has 1 aromatic rings. The van der Waals surface area contributed by atoms with E-state index >= 15 is 0 Å². The van der Waals surface area contributed by atoms with E-state index in [1.54, 1.807) is 0 Å². The summed E-state index contributed by atoms with van der Waals surface area (Å²) in [5.74, 6) is 0. The minimum absolute atomic E-state index is 0.106. The molecule has 2 atom stereocenters. The van der Waals surface area contributed by atoms with E-state index in [4.69, 9.17) is 0 Å². The summed E-state index contributed by atoms with van der Waals surface area (Å²) in [4.78, 5) is 0.486. The molecular weight excluding hydrogens is 263 g/mol. The second-order valence-corrected chi connectivity index (χ2v) is 6.87. The van der Waals surface area contributed by atoms with Crippen LogP contribution in [0.15, 0.2) is 30.3 Å². The van der Waals surface area contributed by atoms with Crippen LogP contribution >= 0.6 is 0 Å². The summed E-state index contributed by atoms with van der Waals surface area (Å²) in [7, 11) is 0. The molecule has 0 aromatic heterocycles. The van der Waals surface area contributed by atoms with Crippen molar-refractivity contribution in [2.75, 3.05) is 0 Å². The van der Waals surface area contributed by atoms with Crippen LogP contribution in [-0.2, 0) is 0 Å². The topological polar surface area (TPSA) is 20.2 Å². The number of aliphatic hydroxyl groups excluding tert-OH is 1. The van der Waals surface area contributed by atoms with Crippen LogP contribution in [-0.4, -0.2) is 26.2 Å². The number of hydrogen-bond donors (Lipinski definition) is 1. The molecule has 0 heterocycles. The zero-order valence-corrected chi connectivity index (χ0v) is 11.9. The summed E-state index contributed by atoms with van der Waals surface area (Å²) in [5.41, 5.74) is 0. The molecule has 0 bridgehead atoms. The number of aliphatic hydroxyl groups is 1. The Hall–Kier alpha value is -0.301. The van der Waals surface area contributed by atoms with E-state index in [1.807, 2.05) is 0 Å². The first-order valence-corrected chi connectivity index (χ1v) is 8.02. The van der Waals surface area contributed by atoms with E-state index in [1.165, 1.54) is 10.9 Å². The Balaban J connectivity index is 2.57. The third kappa shape index (κ3) is 4.69. The van der Waals surface area contributed by atoms with Crippen molar-refractivity contribution in [3.63, 3.8) is 0 Å². The molecule has 0 amide bonds. The van der Waals surface area contributed by atoms with Crippen LogP contribution in [0.25, 0.3) is 0 Å². The maximum atomic E-state index is 10.1. The average Bonchev–Trinajstić information content (AvgIpc) is 2.30. The Morgan fingerprint density at radius 3 is 2.25 bits per heavy atom. The Morgan fingerprint density at radius 2 is 1.69 bits per heavy atom. The summed E-state index contributed by atoms with van der Waals surface area (Å²) in [5, 5.41) is 10.1. The standard InChI is InChI=1S/C14H22OSe/c1-3-8-13(15)14(9-4-2)16-12-10-6-5-7-11-12/h5-7,10-11,13-15H,3-4,8-9H2,1-2H3. The SMILES string of the molecule is CCCC(O)C(CCC)[Se]c1ccccc1. The van der Waals surface area contributed by atoms with E-state index in [0.717, 1.165) is 19.3 Å². The predicted octanol–water partition coefficient (Wildman–Crippen LogP) is 2.77. The van der Waals surface area contributed by atoms with Gasteiger partial charge in [-0.3, -0.25) is 0 Å². The fraction of sp³-hybridized carbons (Fsp3) is 0.571. The molecule has 2 unspecified atom stereocenters. The predicted molar refractivity (Wildman–Crippen MR) is 71.4 cm³/mol. The van der Waals surface area contributed by atoms with E-state index in [0.29, 0.717) is 19.8 Å². The van der Waals surface area contributed by atoms with Gasteiger partial charge in [-0.1, -0.05) is 0 Å². The number of hydrogen-bond acceptors (Lipinski definition) is 1. The molecule has 0 radical (unpaired) electrons. The van der Waals surface area contributed by atoms with Crippen LogP contribution in [0.1, 0.15) is 39.5 Å². The zero-order chi connectivity index (χ0) is 11.8. The Kier molecular flexibility index (Phi) is 6.79. The van der Waals surface area contributed by atoms with E-state index in [2.05, 4.69) is 44.2 Å². The van der Waals surface area contributed by atoms with Gasteiger partial charge in [-0.25, -0.2) is 0 Å². The summed E-state index contributed by atoms with van der Waals surface area (Å²) < 4.78 is 1.41. The maximum absolute atomic E-state index is 10.1. The first-order valence-electron chi connectivity index (χ1n) is 6.17. The van der Waals surface area contributed by atoms with Crippen LogP contribution in [0, 0.1) is 0 Å². The van der Waals surface area contributed by atoms with E-state index in [9.17, 15) is 5.11 Å². The van der Waals surface area contributed by atoms with Crippen LogP contribution in [0.2, 0.25) is 4.82 Å². The molecular formula is C14H22OSe. The van der Waals surface area contributed by atoms with Gasteiger partial charge in [0.25, 0.3) is 0 Å².